The van der Waals surface area contributed by atoms with Gasteiger partial charge in [-0.3, -0.25) is 0 Å². The number of thioether (sulfide) groups is 1. The van der Waals surface area contributed by atoms with Gasteiger partial charge in [-0.05, 0) is 63.9 Å². The molecule has 2 unspecified atom stereocenters. The average molecular weight is 305 g/mol. The van der Waals surface area contributed by atoms with Gasteiger partial charge in [0.2, 0.25) is 0 Å². The van der Waals surface area contributed by atoms with E-state index in [9.17, 15) is 0 Å². The number of likely N-dealkylation sites (tertiary alicyclic amines) is 1. The molecular weight excluding hydrogens is 276 g/mol. The number of nitrogens with one attached hydrogen (secondary N) is 1. The van der Waals surface area contributed by atoms with Crippen molar-refractivity contribution in [2.75, 3.05) is 18.9 Å². The van der Waals surface area contributed by atoms with Crippen molar-refractivity contribution in [3.8, 4) is 0 Å². The van der Waals surface area contributed by atoms with Crippen LogP contribution in [0.2, 0.25) is 0 Å². The van der Waals surface area contributed by atoms with Gasteiger partial charge in [0, 0.05) is 34.5 Å². The molecule has 21 heavy (non-hydrogen) atoms. The molecule has 1 N–H and O–H groups in total. The summed E-state index contributed by atoms with van der Waals surface area (Å²) in [5.74, 6) is 0. The van der Waals surface area contributed by atoms with E-state index < -0.39 is 0 Å². The van der Waals surface area contributed by atoms with Crippen LogP contribution in [0.1, 0.15) is 45.4 Å². The summed E-state index contributed by atoms with van der Waals surface area (Å²) in [7, 11) is 2.23. The van der Waals surface area contributed by atoms with Crippen molar-refractivity contribution in [2.24, 2.45) is 0 Å². The second-order valence-corrected chi connectivity index (χ2v) is 8.12. The molecule has 3 heteroatoms. The fourth-order valence-electron chi connectivity index (χ4n) is 3.48. The first-order valence-corrected chi connectivity index (χ1v) is 9.32. The maximum Gasteiger partial charge on any atom is 0.0343 e. The number of hydrogen-bond donors (Lipinski definition) is 1. The van der Waals surface area contributed by atoms with Gasteiger partial charge in [0.1, 0.15) is 0 Å². The van der Waals surface area contributed by atoms with Gasteiger partial charge in [-0.25, -0.2) is 0 Å². The summed E-state index contributed by atoms with van der Waals surface area (Å²) in [6, 6.07) is 10.4. The molecule has 0 bridgehead atoms. The highest BCUT2D eigenvalue weighted by Gasteiger charge is 2.22. The van der Waals surface area contributed by atoms with Crippen LogP contribution in [0.25, 0.3) is 0 Å². The summed E-state index contributed by atoms with van der Waals surface area (Å²) >= 11 is 2.07. The minimum atomic E-state index is 0.629. The van der Waals surface area contributed by atoms with E-state index in [1.165, 1.54) is 55.7 Å². The van der Waals surface area contributed by atoms with Gasteiger partial charge in [-0.15, -0.1) is 11.8 Å². The first-order chi connectivity index (χ1) is 10.2. The van der Waals surface area contributed by atoms with Gasteiger partial charge < -0.3 is 10.2 Å². The van der Waals surface area contributed by atoms with Gasteiger partial charge in [0.25, 0.3) is 0 Å². The number of anilines is 1. The molecule has 2 atom stereocenters. The zero-order chi connectivity index (χ0) is 14.7. The van der Waals surface area contributed by atoms with Crippen molar-refractivity contribution in [2.45, 2.75) is 67.7 Å². The van der Waals surface area contributed by atoms with E-state index >= 15 is 0 Å². The Kier molecular flexibility index (Phi) is 5.12. The minimum Gasteiger partial charge on any atom is -0.382 e. The molecule has 1 aliphatic carbocycles. The Balaban J connectivity index is 1.52. The highest BCUT2D eigenvalue weighted by Crippen LogP contribution is 2.35. The molecule has 0 spiro atoms. The van der Waals surface area contributed by atoms with Crippen molar-refractivity contribution >= 4 is 17.4 Å². The molecule has 3 rings (SSSR count). The number of nitrogens with zero attached hydrogens (tertiary/aromatic N) is 1. The monoisotopic (exact) mass is 304 g/mol. The smallest absolute Gasteiger partial charge is 0.0343 e. The van der Waals surface area contributed by atoms with Gasteiger partial charge in [0.15, 0.2) is 0 Å². The fraction of sp³-hybridized carbons (Fsp3) is 0.667. The van der Waals surface area contributed by atoms with Crippen LogP contribution in [0.4, 0.5) is 5.69 Å². The number of benzene rings is 1. The molecule has 1 saturated carbocycles. The average Bonchev–Trinajstić information content (AvgIpc) is 2.98. The van der Waals surface area contributed by atoms with Gasteiger partial charge in [-0.1, -0.05) is 12.8 Å². The maximum atomic E-state index is 3.72. The Bertz CT molecular complexity index is 439. The van der Waals surface area contributed by atoms with Crippen molar-refractivity contribution in [3.63, 3.8) is 0 Å². The quantitative estimate of drug-likeness (QED) is 0.874. The molecule has 0 radical (unpaired) electrons. The summed E-state index contributed by atoms with van der Waals surface area (Å²) in [5, 5.41) is 4.58. The van der Waals surface area contributed by atoms with Crippen LogP contribution in [0.15, 0.2) is 29.2 Å². The molecule has 1 aromatic rings. The summed E-state index contributed by atoms with van der Waals surface area (Å²) in [6.45, 7) is 3.53. The molecule has 1 saturated heterocycles. The lowest BCUT2D eigenvalue weighted by Gasteiger charge is -2.35. The summed E-state index contributed by atoms with van der Waals surface area (Å²) in [4.78, 5) is 3.89. The third-order valence-electron chi connectivity index (χ3n) is 5.04. The topological polar surface area (TPSA) is 15.3 Å². The lowest BCUT2D eigenvalue weighted by molar-refractivity contribution is 0.190. The normalized spacial score (nSPS) is 27.9. The Labute approximate surface area is 133 Å². The summed E-state index contributed by atoms with van der Waals surface area (Å²) < 4.78 is 0. The first kappa shape index (κ1) is 15.2. The van der Waals surface area contributed by atoms with Crippen LogP contribution in [-0.2, 0) is 0 Å². The van der Waals surface area contributed by atoms with Crippen LogP contribution in [0.3, 0.4) is 0 Å². The maximum absolute atomic E-state index is 3.72. The SMILES string of the molecule is CC1CC(Nc2ccc(SC3CCCC3)cc2)CCN1C. The van der Waals surface area contributed by atoms with Crippen molar-refractivity contribution < 1.29 is 0 Å². The lowest BCUT2D eigenvalue weighted by Crippen LogP contribution is -2.42. The van der Waals surface area contributed by atoms with Crippen LogP contribution >= 0.6 is 11.8 Å². The molecule has 116 valence electrons. The molecule has 2 fully saturated rings. The molecule has 1 aromatic carbocycles. The van der Waals surface area contributed by atoms with E-state index in [4.69, 9.17) is 0 Å². The van der Waals surface area contributed by atoms with Gasteiger partial charge >= 0.3 is 0 Å². The Hall–Kier alpha value is -0.670. The summed E-state index contributed by atoms with van der Waals surface area (Å²) in [5.41, 5.74) is 1.28. The van der Waals surface area contributed by atoms with Crippen molar-refractivity contribution in [1.82, 2.24) is 4.90 Å². The summed E-state index contributed by atoms with van der Waals surface area (Å²) in [6.07, 6.45) is 8.14. The number of piperidine rings is 1. The van der Waals surface area contributed by atoms with E-state index in [0.717, 1.165) is 5.25 Å². The van der Waals surface area contributed by atoms with Crippen LogP contribution in [0.5, 0.6) is 0 Å². The van der Waals surface area contributed by atoms with Crippen LogP contribution in [-0.4, -0.2) is 35.8 Å². The van der Waals surface area contributed by atoms with E-state index in [1.54, 1.807) is 0 Å². The standard InChI is InChI=1S/C18H28N2S/c1-14-13-16(11-12-20(14)2)19-15-7-9-18(10-8-15)21-17-5-3-4-6-17/h7-10,14,16-17,19H,3-6,11-13H2,1-2H3. The molecule has 2 nitrogen and oxygen atoms in total. The van der Waals surface area contributed by atoms with Crippen molar-refractivity contribution in [3.05, 3.63) is 24.3 Å². The van der Waals surface area contributed by atoms with E-state index in [-0.39, 0.29) is 0 Å². The lowest BCUT2D eigenvalue weighted by atomic mass is 9.99. The number of rotatable bonds is 4. The van der Waals surface area contributed by atoms with Gasteiger partial charge in [0.05, 0.1) is 0 Å². The first-order valence-electron chi connectivity index (χ1n) is 8.44. The predicted octanol–water partition coefficient (Wildman–Crippen LogP) is 4.62. The second kappa shape index (κ2) is 7.06. The third kappa shape index (κ3) is 4.17. The molecule has 1 aliphatic heterocycles. The largest absolute Gasteiger partial charge is 0.382 e. The molecule has 2 aliphatic rings. The van der Waals surface area contributed by atoms with Crippen LogP contribution < -0.4 is 5.32 Å². The zero-order valence-electron chi connectivity index (χ0n) is 13.3. The highest BCUT2D eigenvalue weighted by molar-refractivity contribution is 8.00. The fourth-order valence-corrected chi connectivity index (χ4v) is 4.73. The predicted molar refractivity (Wildman–Crippen MR) is 93.3 cm³/mol. The Morgan fingerprint density at radius 1 is 1.10 bits per heavy atom. The number of hydrogen-bond acceptors (Lipinski definition) is 3. The second-order valence-electron chi connectivity index (χ2n) is 6.74. The Morgan fingerprint density at radius 3 is 2.48 bits per heavy atom. The van der Waals surface area contributed by atoms with Gasteiger partial charge in [-0.2, -0.15) is 0 Å². The third-order valence-corrected chi connectivity index (χ3v) is 6.39. The molecular formula is C18H28N2S. The molecule has 0 aromatic heterocycles. The molecule has 1 heterocycles. The van der Waals surface area contributed by atoms with Crippen LogP contribution in [0, 0.1) is 0 Å². The Morgan fingerprint density at radius 2 is 1.81 bits per heavy atom. The zero-order valence-corrected chi connectivity index (χ0v) is 14.2. The van der Waals surface area contributed by atoms with E-state index in [2.05, 4.69) is 60.2 Å². The molecule has 0 amide bonds. The van der Waals surface area contributed by atoms with E-state index in [0.29, 0.717) is 12.1 Å². The minimum absolute atomic E-state index is 0.629. The van der Waals surface area contributed by atoms with E-state index in [1.807, 2.05) is 0 Å². The highest BCUT2D eigenvalue weighted by atomic mass is 32.2. The van der Waals surface area contributed by atoms with Crippen molar-refractivity contribution in [1.29, 1.82) is 0 Å².